The summed E-state index contributed by atoms with van der Waals surface area (Å²) in [5.74, 6) is 1.48. The van der Waals surface area contributed by atoms with Gasteiger partial charge in [-0.1, -0.05) is 6.07 Å². The molecular weight excluding hydrogens is 258 g/mol. The highest BCUT2D eigenvalue weighted by atomic mass is 16.5. The van der Waals surface area contributed by atoms with Gasteiger partial charge in [0.05, 0.1) is 7.11 Å². The minimum Gasteiger partial charge on any atom is -0.497 e. The third-order valence-corrected chi connectivity index (χ3v) is 2.78. The predicted octanol–water partition coefficient (Wildman–Crippen LogP) is 1.83. The van der Waals surface area contributed by atoms with E-state index in [1.807, 2.05) is 6.07 Å². The number of methoxy groups -OCH3 is 1. The second-order valence-corrected chi connectivity index (χ2v) is 4.29. The molecule has 2 rings (SSSR count). The number of nitrogens with one attached hydrogen (secondary N) is 1. The highest BCUT2D eigenvalue weighted by Crippen LogP contribution is 2.20. The van der Waals surface area contributed by atoms with Crippen molar-refractivity contribution in [2.75, 3.05) is 12.4 Å². The summed E-state index contributed by atoms with van der Waals surface area (Å²) >= 11 is 0. The molecule has 1 unspecified atom stereocenters. The van der Waals surface area contributed by atoms with Crippen molar-refractivity contribution in [3.63, 3.8) is 0 Å². The molecule has 106 valence electrons. The molecule has 1 aromatic heterocycles. The van der Waals surface area contributed by atoms with Gasteiger partial charge in [0.25, 0.3) is 5.91 Å². The highest BCUT2D eigenvalue weighted by molar-refractivity contribution is 5.92. The first-order chi connectivity index (χ1) is 9.60. The van der Waals surface area contributed by atoms with Crippen molar-refractivity contribution in [1.82, 2.24) is 9.55 Å². The van der Waals surface area contributed by atoms with Gasteiger partial charge < -0.3 is 14.0 Å². The normalized spacial score (nSPS) is 11.8. The standard InChI is InChI=1S/C14H17N3O3/c1-10(13(18)16-14-15-7-8-17(14)2)20-12-6-4-5-11(9-12)19-3/h4-10H,1-3H3,(H,15,16,18). The third kappa shape index (κ3) is 3.28. The number of ether oxygens (including phenoxy) is 2. The van der Waals surface area contributed by atoms with E-state index in [4.69, 9.17) is 9.47 Å². The maximum Gasteiger partial charge on any atom is 0.267 e. The van der Waals surface area contributed by atoms with E-state index in [1.165, 1.54) is 0 Å². The molecule has 0 radical (unpaired) electrons. The number of aromatic nitrogens is 2. The van der Waals surface area contributed by atoms with Crippen molar-refractivity contribution >= 4 is 11.9 Å². The van der Waals surface area contributed by atoms with E-state index in [9.17, 15) is 4.79 Å². The van der Waals surface area contributed by atoms with Gasteiger partial charge >= 0.3 is 0 Å². The van der Waals surface area contributed by atoms with Gasteiger partial charge in [-0.3, -0.25) is 10.1 Å². The number of benzene rings is 1. The van der Waals surface area contributed by atoms with E-state index < -0.39 is 6.10 Å². The molecule has 6 heteroatoms. The lowest BCUT2D eigenvalue weighted by Gasteiger charge is -2.15. The number of aryl methyl sites for hydroxylation is 1. The minimum absolute atomic E-state index is 0.262. The maximum atomic E-state index is 12.0. The van der Waals surface area contributed by atoms with E-state index in [0.717, 1.165) is 0 Å². The summed E-state index contributed by atoms with van der Waals surface area (Å²) in [4.78, 5) is 16.0. The molecule has 1 amide bonds. The number of carbonyl (C=O) groups excluding carboxylic acids is 1. The molecule has 6 nitrogen and oxygen atoms in total. The van der Waals surface area contributed by atoms with Gasteiger partial charge in [0.15, 0.2) is 6.10 Å². The zero-order chi connectivity index (χ0) is 14.5. The zero-order valence-electron chi connectivity index (χ0n) is 11.7. The quantitative estimate of drug-likeness (QED) is 0.904. The Labute approximate surface area is 117 Å². The second-order valence-electron chi connectivity index (χ2n) is 4.29. The molecule has 1 atom stereocenters. The number of hydrogen-bond acceptors (Lipinski definition) is 4. The first kappa shape index (κ1) is 13.9. The van der Waals surface area contributed by atoms with Crippen LogP contribution >= 0.6 is 0 Å². The molecule has 1 aromatic carbocycles. The Bertz CT molecular complexity index is 595. The summed E-state index contributed by atoms with van der Waals surface area (Å²) in [5, 5.41) is 2.70. The number of imidazole rings is 1. The van der Waals surface area contributed by atoms with Gasteiger partial charge in [0.1, 0.15) is 11.5 Å². The van der Waals surface area contributed by atoms with E-state index in [-0.39, 0.29) is 5.91 Å². The second kappa shape index (κ2) is 6.10. The summed E-state index contributed by atoms with van der Waals surface area (Å²) in [6.45, 7) is 1.68. The number of hydrogen-bond donors (Lipinski definition) is 1. The minimum atomic E-state index is -0.640. The summed E-state index contributed by atoms with van der Waals surface area (Å²) in [6, 6.07) is 7.11. The van der Waals surface area contributed by atoms with Gasteiger partial charge in [0.2, 0.25) is 5.95 Å². The SMILES string of the molecule is COc1cccc(OC(C)C(=O)Nc2nccn2C)c1. The van der Waals surface area contributed by atoms with Crippen molar-refractivity contribution in [3.8, 4) is 11.5 Å². The molecular formula is C14H17N3O3. The van der Waals surface area contributed by atoms with Crippen LogP contribution in [-0.2, 0) is 11.8 Å². The molecule has 0 aliphatic carbocycles. The fourth-order valence-corrected chi connectivity index (χ4v) is 1.63. The molecule has 2 aromatic rings. The monoisotopic (exact) mass is 275 g/mol. The fraction of sp³-hybridized carbons (Fsp3) is 0.286. The largest absolute Gasteiger partial charge is 0.497 e. The molecule has 0 aliphatic rings. The van der Waals surface area contributed by atoms with E-state index >= 15 is 0 Å². The summed E-state index contributed by atoms with van der Waals surface area (Å²) in [7, 11) is 3.38. The maximum absolute atomic E-state index is 12.0. The zero-order valence-corrected chi connectivity index (χ0v) is 11.7. The Balaban J connectivity index is 1.98. The van der Waals surface area contributed by atoms with Crippen LogP contribution in [0.15, 0.2) is 36.7 Å². The summed E-state index contributed by atoms with van der Waals surface area (Å²) < 4.78 is 12.4. The molecule has 0 saturated heterocycles. The van der Waals surface area contributed by atoms with Gasteiger partial charge in [0, 0.05) is 25.5 Å². The molecule has 20 heavy (non-hydrogen) atoms. The van der Waals surface area contributed by atoms with Crippen LogP contribution < -0.4 is 14.8 Å². The van der Waals surface area contributed by atoms with Crippen LogP contribution in [0.25, 0.3) is 0 Å². The average molecular weight is 275 g/mol. The lowest BCUT2D eigenvalue weighted by molar-refractivity contribution is -0.122. The Hall–Kier alpha value is -2.50. The van der Waals surface area contributed by atoms with E-state index in [2.05, 4.69) is 10.3 Å². The van der Waals surface area contributed by atoms with Crippen molar-refractivity contribution in [1.29, 1.82) is 0 Å². The number of nitrogens with zero attached hydrogens (tertiary/aromatic N) is 2. The van der Waals surface area contributed by atoms with Crippen molar-refractivity contribution in [2.24, 2.45) is 7.05 Å². The Morgan fingerprint density at radius 1 is 1.40 bits per heavy atom. The van der Waals surface area contributed by atoms with Crippen LogP contribution in [-0.4, -0.2) is 28.7 Å². The van der Waals surface area contributed by atoms with Crippen molar-refractivity contribution < 1.29 is 14.3 Å². The van der Waals surface area contributed by atoms with Crippen molar-refractivity contribution in [2.45, 2.75) is 13.0 Å². The molecule has 1 N–H and O–H groups in total. The van der Waals surface area contributed by atoms with Gasteiger partial charge in [-0.2, -0.15) is 0 Å². The third-order valence-electron chi connectivity index (χ3n) is 2.78. The van der Waals surface area contributed by atoms with Gasteiger partial charge in [-0.15, -0.1) is 0 Å². The van der Waals surface area contributed by atoms with Crippen LogP contribution in [0.3, 0.4) is 0 Å². The summed E-state index contributed by atoms with van der Waals surface area (Å²) in [6.07, 6.45) is 2.73. The van der Waals surface area contributed by atoms with Crippen molar-refractivity contribution in [3.05, 3.63) is 36.7 Å². The summed E-state index contributed by atoms with van der Waals surface area (Å²) in [5.41, 5.74) is 0. The average Bonchev–Trinajstić information content (AvgIpc) is 2.84. The molecule has 0 bridgehead atoms. The number of rotatable bonds is 5. The van der Waals surface area contributed by atoms with Crippen LogP contribution in [0.4, 0.5) is 5.95 Å². The number of amides is 1. The smallest absolute Gasteiger partial charge is 0.267 e. The van der Waals surface area contributed by atoms with Gasteiger partial charge in [-0.05, 0) is 19.1 Å². The fourth-order valence-electron chi connectivity index (χ4n) is 1.63. The molecule has 0 fully saturated rings. The first-order valence-electron chi connectivity index (χ1n) is 6.19. The van der Waals surface area contributed by atoms with E-state index in [1.54, 1.807) is 56.2 Å². The predicted molar refractivity (Wildman–Crippen MR) is 74.9 cm³/mol. The van der Waals surface area contributed by atoms with Crippen LogP contribution in [0.1, 0.15) is 6.92 Å². The Morgan fingerprint density at radius 2 is 2.15 bits per heavy atom. The highest BCUT2D eigenvalue weighted by Gasteiger charge is 2.16. The number of anilines is 1. The lowest BCUT2D eigenvalue weighted by atomic mass is 10.3. The van der Waals surface area contributed by atoms with Gasteiger partial charge in [-0.25, -0.2) is 4.98 Å². The topological polar surface area (TPSA) is 65.4 Å². The molecule has 0 spiro atoms. The Morgan fingerprint density at radius 3 is 2.80 bits per heavy atom. The Kier molecular flexibility index (Phi) is 4.24. The first-order valence-corrected chi connectivity index (χ1v) is 6.19. The molecule has 0 saturated carbocycles. The number of carbonyl (C=O) groups is 1. The van der Waals surface area contributed by atoms with E-state index in [0.29, 0.717) is 17.4 Å². The van der Waals surface area contributed by atoms with Crippen LogP contribution in [0.2, 0.25) is 0 Å². The lowest BCUT2D eigenvalue weighted by Crippen LogP contribution is -2.31. The van der Waals surface area contributed by atoms with Crippen LogP contribution in [0.5, 0.6) is 11.5 Å². The molecule has 0 aliphatic heterocycles. The molecule has 1 heterocycles. The van der Waals surface area contributed by atoms with Crippen LogP contribution in [0, 0.1) is 0 Å².